The van der Waals surface area contributed by atoms with Crippen molar-refractivity contribution < 1.29 is 4.79 Å². The first kappa shape index (κ1) is 21.6. The number of carbonyl (C=O) groups excluding carboxylic acids is 1. The maximum absolute atomic E-state index is 12.9. The second-order valence-electron chi connectivity index (χ2n) is 9.26. The van der Waals surface area contributed by atoms with E-state index in [1.165, 1.54) is 31.2 Å². The summed E-state index contributed by atoms with van der Waals surface area (Å²) >= 11 is 0. The molecule has 2 saturated carbocycles. The summed E-state index contributed by atoms with van der Waals surface area (Å²) in [6.07, 6.45) is 6.91. The van der Waals surface area contributed by atoms with Crippen LogP contribution in [0.2, 0.25) is 0 Å². The molecule has 1 amide bonds. The average molecular weight is 406 g/mol. The molecule has 1 aromatic rings. The van der Waals surface area contributed by atoms with E-state index in [-0.39, 0.29) is 30.3 Å². The van der Waals surface area contributed by atoms with Gasteiger partial charge < -0.3 is 11.1 Å². The second-order valence-corrected chi connectivity index (χ2v) is 9.26. The highest BCUT2D eigenvalue weighted by atomic mass is 35.5. The fourth-order valence-corrected chi connectivity index (χ4v) is 5.72. The van der Waals surface area contributed by atoms with Crippen LogP contribution in [-0.2, 0) is 11.3 Å². The van der Waals surface area contributed by atoms with E-state index < -0.39 is 0 Å². The van der Waals surface area contributed by atoms with Gasteiger partial charge in [0.2, 0.25) is 5.91 Å². The van der Waals surface area contributed by atoms with E-state index in [1.807, 2.05) is 0 Å². The van der Waals surface area contributed by atoms with Crippen LogP contribution in [0.25, 0.3) is 0 Å². The van der Waals surface area contributed by atoms with Gasteiger partial charge in [0.15, 0.2) is 0 Å². The molecule has 1 aromatic carbocycles. The number of hydrogen-bond donors (Lipinski definition) is 2. The number of carbonyl (C=O) groups is 1. The lowest BCUT2D eigenvalue weighted by atomic mass is 9.65. The van der Waals surface area contributed by atoms with E-state index in [0.29, 0.717) is 23.8 Å². The summed E-state index contributed by atoms with van der Waals surface area (Å²) in [4.78, 5) is 15.4. The predicted molar refractivity (Wildman–Crippen MR) is 116 cm³/mol. The Kier molecular flexibility index (Phi) is 7.41. The zero-order valence-corrected chi connectivity index (χ0v) is 17.9. The molecule has 1 heterocycles. The predicted octanol–water partition coefficient (Wildman–Crippen LogP) is 3.59. The number of likely N-dealkylation sites (tertiary alicyclic amines) is 1. The number of benzene rings is 1. The van der Waals surface area contributed by atoms with E-state index in [0.717, 1.165) is 32.5 Å². The van der Waals surface area contributed by atoms with Crippen LogP contribution in [0.1, 0.15) is 51.0 Å². The normalized spacial score (nSPS) is 33.7. The zero-order chi connectivity index (χ0) is 18.8. The van der Waals surface area contributed by atoms with Crippen molar-refractivity contribution in [2.24, 2.45) is 29.4 Å². The maximum Gasteiger partial charge on any atom is 0.223 e. The van der Waals surface area contributed by atoms with Gasteiger partial charge in [0.1, 0.15) is 0 Å². The SMILES string of the molecule is CC(NC(=O)C1CC2CCCC(C1)C2N)C1CCN(Cc2ccccc2)C1.Cl. The largest absolute Gasteiger partial charge is 0.353 e. The number of fused-ring (bicyclic) bond motifs is 2. The summed E-state index contributed by atoms with van der Waals surface area (Å²) < 4.78 is 0. The van der Waals surface area contributed by atoms with Gasteiger partial charge >= 0.3 is 0 Å². The number of hydrogen-bond acceptors (Lipinski definition) is 3. The quantitative estimate of drug-likeness (QED) is 0.786. The standard InChI is InChI=1S/C23H35N3O.ClH/c1-16(20-10-11-26(15-20)14-17-6-3-2-4-7-17)25-23(27)21-12-18-8-5-9-19(13-21)22(18)24;/h2-4,6-7,16,18-22H,5,8-15,24H2,1H3,(H,25,27);1H. The molecule has 1 aliphatic heterocycles. The molecule has 0 aromatic heterocycles. The smallest absolute Gasteiger partial charge is 0.223 e. The van der Waals surface area contributed by atoms with Crippen molar-refractivity contribution in [2.75, 3.05) is 13.1 Å². The monoisotopic (exact) mass is 405 g/mol. The third-order valence-corrected chi connectivity index (χ3v) is 7.42. The molecule has 156 valence electrons. The van der Waals surface area contributed by atoms with Crippen molar-refractivity contribution in [2.45, 2.75) is 64.1 Å². The van der Waals surface area contributed by atoms with E-state index >= 15 is 0 Å². The second kappa shape index (κ2) is 9.60. The number of nitrogens with two attached hydrogens (primary N) is 1. The van der Waals surface area contributed by atoms with Crippen LogP contribution < -0.4 is 11.1 Å². The van der Waals surface area contributed by atoms with Crippen molar-refractivity contribution >= 4 is 18.3 Å². The summed E-state index contributed by atoms with van der Waals surface area (Å²) in [5, 5.41) is 3.37. The van der Waals surface area contributed by atoms with Crippen LogP contribution in [0.4, 0.5) is 0 Å². The van der Waals surface area contributed by atoms with Crippen LogP contribution >= 0.6 is 12.4 Å². The highest BCUT2D eigenvalue weighted by molar-refractivity contribution is 5.85. The number of nitrogens with zero attached hydrogens (tertiary/aromatic N) is 1. The Morgan fingerprint density at radius 2 is 1.86 bits per heavy atom. The molecule has 3 aliphatic rings. The molecule has 1 saturated heterocycles. The highest BCUT2D eigenvalue weighted by Gasteiger charge is 2.41. The van der Waals surface area contributed by atoms with Gasteiger partial charge in [-0.05, 0) is 68.9 Å². The van der Waals surface area contributed by atoms with Crippen LogP contribution in [0.15, 0.2) is 30.3 Å². The maximum atomic E-state index is 12.9. The number of amides is 1. The highest BCUT2D eigenvalue weighted by Crippen LogP contribution is 2.42. The number of halogens is 1. The topological polar surface area (TPSA) is 58.4 Å². The Labute approximate surface area is 176 Å². The molecule has 3 fully saturated rings. The van der Waals surface area contributed by atoms with Gasteiger partial charge in [-0.2, -0.15) is 0 Å². The number of rotatable bonds is 5. The summed E-state index contributed by atoms with van der Waals surface area (Å²) in [6.45, 7) is 5.42. The molecule has 0 spiro atoms. The molecule has 4 unspecified atom stereocenters. The molecular weight excluding hydrogens is 370 g/mol. The van der Waals surface area contributed by atoms with E-state index in [4.69, 9.17) is 5.73 Å². The Morgan fingerprint density at radius 3 is 2.54 bits per heavy atom. The van der Waals surface area contributed by atoms with E-state index in [1.54, 1.807) is 0 Å². The molecule has 2 aliphatic carbocycles. The third-order valence-electron chi connectivity index (χ3n) is 7.42. The Hall–Kier alpha value is -1.10. The summed E-state index contributed by atoms with van der Waals surface area (Å²) in [6, 6.07) is 11.3. The first-order chi connectivity index (χ1) is 13.1. The van der Waals surface area contributed by atoms with Gasteiger partial charge in [0.05, 0.1) is 0 Å². The lowest BCUT2D eigenvalue weighted by Gasteiger charge is -2.43. The summed E-state index contributed by atoms with van der Waals surface area (Å²) in [5.74, 6) is 2.16. The lowest BCUT2D eigenvalue weighted by Crippen LogP contribution is -2.50. The summed E-state index contributed by atoms with van der Waals surface area (Å²) in [7, 11) is 0. The Balaban J connectivity index is 0.00000225. The molecule has 4 rings (SSSR count). The van der Waals surface area contributed by atoms with Gasteiger partial charge in [-0.1, -0.05) is 36.8 Å². The minimum absolute atomic E-state index is 0. The van der Waals surface area contributed by atoms with Crippen molar-refractivity contribution in [3.05, 3.63) is 35.9 Å². The van der Waals surface area contributed by atoms with Gasteiger partial charge in [-0.25, -0.2) is 0 Å². The van der Waals surface area contributed by atoms with Crippen molar-refractivity contribution in [3.63, 3.8) is 0 Å². The van der Waals surface area contributed by atoms with E-state index in [2.05, 4.69) is 47.5 Å². The molecule has 5 heteroatoms. The van der Waals surface area contributed by atoms with Gasteiger partial charge in [-0.3, -0.25) is 9.69 Å². The molecule has 4 nitrogen and oxygen atoms in total. The van der Waals surface area contributed by atoms with Crippen LogP contribution in [0.3, 0.4) is 0 Å². The minimum atomic E-state index is 0. The fourth-order valence-electron chi connectivity index (χ4n) is 5.72. The minimum Gasteiger partial charge on any atom is -0.353 e. The fraction of sp³-hybridized carbons (Fsp3) is 0.696. The molecule has 3 N–H and O–H groups in total. The lowest BCUT2D eigenvalue weighted by molar-refractivity contribution is -0.128. The summed E-state index contributed by atoms with van der Waals surface area (Å²) in [5.41, 5.74) is 7.76. The Bertz CT molecular complexity index is 626. The first-order valence-electron chi connectivity index (χ1n) is 10.9. The van der Waals surface area contributed by atoms with E-state index in [9.17, 15) is 4.79 Å². The molecular formula is C23H36ClN3O. The van der Waals surface area contributed by atoms with Crippen molar-refractivity contribution in [1.82, 2.24) is 10.2 Å². The molecule has 0 radical (unpaired) electrons. The van der Waals surface area contributed by atoms with Gasteiger partial charge in [-0.15, -0.1) is 12.4 Å². The van der Waals surface area contributed by atoms with Crippen LogP contribution in [-0.4, -0.2) is 36.0 Å². The zero-order valence-electron chi connectivity index (χ0n) is 17.1. The van der Waals surface area contributed by atoms with Gasteiger partial charge in [0, 0.05) is 31.1 Å². The first-order valence-corrected chi connectivity index (χ1v) is 10.9. The third kappa shape index (κ3) is 4.90. The van der Waals surface area contributed by atoms with Crippen molar-refractivity contribution in [1.29, 1.82) is 0 Å². The average Bonchev–Trinajstić information content (AvgIpc) is 3.11. The molecule has 4 atom stereocenters. The van der Waals surface area contributed by atoms with Crippen molar-refractivity contribution in [3.8, 4) is 0 Å². The number of nitrogens with one attached hydrogen (secondary N) is 1. The van der Waals surface area contributed by atoms with Crippen LogP contribution in [0.5, 0.6) is 0 Å². The van der Waals surface area contributed by atoms with Crippen LogP contribution in [0, 0.1) is 23.7 Å². The molecule has 2 bridgehead atoms. The molecule has 28 heavy (non-hydrogen) atoms. The van der Waals surface area contributed by atoms with Gasteiger partial charge in [0.25, 0.3) is 0 Å². The Morgan fingerprint density at radius 1 is 1.18 bits per heavy atom.